The highest BCUT2D eigenvalue weighted by Gasteiger charge is 2.14. The van der Waals surface area contributed by atoms with Crippen LogP contribution in [0, 0.1) is 10.1 Å². The van der Waals surface area contributed by atoms with Gasteiger partial charge in [-0.3, -0.25) is 19.7 Å². The second kappa shape index (κ2) is 5.98. The monoisotopic (exact) mass is 265 g/mol. The number of nitrogens with one attached hydrogen (secondary N) is 1. The zero-order chi connectivity index (χ0) is 14.4. The SMILES string of the molecule is [N-]=[N+]=Nc1cc(C(=O)NCC(=O)O)cc([N+](=O)[O-])c1. The topological polar surface area (TPSA) is 158 Å². The van der Waals surface area contributed by atoms with E-state index in [0.717, 1.165) is 18.2 Å². The van der Waals surface area contributed by atoms with E-state index in [9.17, 15) is 19.7 Å². The van der Waals surface area contributed by atoms with Crippen molar-refractivity contribution in [3.05, 3.63) is 44.3 Å². The van der Waals surface area contributed by atoms with Gasteiger partial charge in [-0.2, -0.15) is 0 Å². The maximum atomic E-state index is 11.5. The lowest BCUT2D eigenvalue weighted by molar-refractivity contribution is -0.384. The van der Waals surface area contributed by atoms with Crippen LogP contribution in [0.5, 0.6) is 0 Å². The summed E-state index contributed by atoms with van der Waals surface area (Å²) in [5.41, 5.74) is 7.54. The number of nitro benzene ring substituents is 1. The zero-order valence-electron chi connectivity index (χ0n) is 9.31. The van der Waals surface area contributed by atoms with Gasteiger partial charge < -0.3 is 10.4 Å². The highest BCUT2D eigenvalue weighted by atomic mass is 16.6. The maximum absolute atomic E-state index is 11.5. The number of carbonyl (C=O) groups excluding carboxylic acids is 1. The molecule has 1 amide bonds. The molecule has 1 aromatic carbocycles. The summed E-state index contributed by atoms with van der Waals surface area (Å²) in [4.78, 5) is 34.2. The lowest BCUT2D eigenvalue weighted by atomic mass is 10.1. The van der Waals surface area contributed by atoms with E-state index in [4.69, 9.17) is 10.6 Å². The highest BCUT2D eigenvalue weighted by molar-refractivity contribution is 5.97. The number of hydrogen-bond acceptors (Lipinski definition) is 5. The number of carbonyl (C=O) groups is 2. The number of nitrogens with zero attached hydrogens (tertiary/aromatic N) is 4. The molecule has 0 atom stereocenters. The third kappa shape index (κ3) is 3.98. The van der Waals surface area contributed by atoms with Crippen molar-refractivity contribution in [3.63, 3.8) is 0 Å². The molecule has 0 bridgehead atoms. The third-order valence-corrected chi connectivity index (χ3v) is 1.94. The van der Waals surface area contributed by atoms with E-state index in [1.165, 1.54) is 0 Å². The number of carboxylic acid groups (broad SMARTS) is 1. The number of hydrogen-bond donors (Lipinski definition) is 2. The van der Waals surface area contributed by atoms with Crippen LogP contribution in [0.1, 0.15) is 10.4 Å². The third-order valence-electron chi connectivity index (χ3n) is 1.94. The van der Waals surface area contributed by atoms with Crippen molar-refractivity contribution in [3.8, 4) is 0 Å². The first kappa shape index (κ1) is 13.9. The smallest absolute Gasteiger partial charge is 0.322 e. The van der Waals surface area contributed by atoms with Crippen molar-refractivity contribution in [2.24, 2.45) is 5.11 Å². The van der Waals surface area contributed by atoms with Crippen molar-refractivity contribution in [1.29, 1.82) is 0 Å². The molecule has 98 valence electrons. The number of benzene rings is 1. The average molecular weight is 265 g/mol. The Morgan fingerprint density at radius 3 is 2.68 bits per heavy atom. The summed E-state index contributed by atoms with van der Waals surface area (Å²) in [5, 5.41) is 24.3. The molecule has 1 rings (SSSR count). The standard InChI is InChI=1S/C9H7N5O5/c10-13-12-6-1-5(2-7(3-6)14(18)19)9(17)11-4-8(15)16/h1-3H,4H2,(H,11,17)(H,15,16). The van der Waals surface area contributed by atoms with E-state index >= 15 is 0 Å². The highest BCUT2D eigenvalue weighted by Crippen LogP contribution is 2.23. The molecule has 0 saturated heterocycles. The molecular formula is C9H7N5O5. The van der Waals surface area contributed by atoms with Crippen LogP contribution in [0.4, 0.5) is 11.4 Å². The lowest BCUT2D eigenvalue weighted by Gasteiger charge is -2.03. The normalized spacial score (nSPS) is 9.26. The molecule has 0 aliphatic heterocycles. The largest absolute Gasteiger partial charge is 0.480 e. The first-order chi connectivity index (χ1) is 8.93. The first-order valence-corrected chi connectivity index (χ1v) is 4.78. The van der Waals surface area contributed by atoms with E-state index < -0.39 is 29.0 Å². The Morgan fingerprint density at radius 2 is 2.16 bits per heavy atom. The number of amides is 1. The molecule has 0 fully saturated rings. The van der Waals surface area contributed by atoms with Gasteiger partial charge in [-0.25, -0.2) is 0 Å². The van der Waals surface area contributed by atoms with Crippen molar-refractivity contribution >= 4 is 23.3 Å². The number of rotatable bonds is 5. The summed E-state index contributed by atoms with van der Waals surface area (Å²) >= 11 is 0. The Balaban J connectivity index is 3.11. The number of azide groups is 1. The fourth-order valence-corrected chi connectivity index (χ4v) is 1.20. The van der Waals surface area contributed by atoms with E-state index in [1.807, 2.05) is 5.32 Å². The summed E-state index contributed by atoms with van der Waals surface area (Å²) in [6.45, 7) is -0.627. The van der Waals surface area contributed by atoms with E-state index in [2.05, 4.69) is 10.0 Å². The summed E-state index contributed by atoms with van der Waals surface area (Å²) < 4.78 is 0. The number of aliphatic carboxylic acids is 1. The van der Waals surface area contributed by atoms with Crippen LogP contribution in [0.3, 0.4) is 0 Å². The van der Waals surface area contributed by atoms with E-state index in [1.54, 1.807) is 0 Å². The first-order valence-electron chi connectivity index (χ1n) is 4.78. The molecule has 0 heterocycles. The second-order valence-corrected chi connectivity index (χ2v) is 3.26. The van der Waals surface area contributed by atoms with Gasteiger partial charge >= 0.3 is 5.97 Å². The van der Waals surface area contributed by atoms with Crippen molar-refractivity contribution in [2.45, 2.75) is 0 Å². The molecule has 2 N–H and O–H groups in total. The number of nitro groups is 1. The fraction of sp³-hybridized carbons (Fsp3) is 0.111. The van der Waals surface area contributed by atoms with Crippen molar-refractivity contribution in [2.75, 3.05) is 6.54 Å². The minimum absolute atomic E-state index is 0.114. The molecule has 0 aromatic heterocycles. The molecule has 0 spiro atoms. The Hall–Kier alpha value is -3.13. The summed E-state index contributed by atoms with van der Waals surface area (Å²) in [7, 11) is 0. The number of non-ortho nitro benzene ring substituents is 1. The van der Waals surface area contributed by atoms with Crippen LogP contribution in [-0.4, -0.2) is 28.5 Å². The molecule has 1 aromatic rings. The van der Waals surface area contributed by atoms with Crippen LogP contribution in [-0.2, 0) is 4.79 Å². The van der Waals surface area contributed by atoms with Gasteiger partial charge in [0.25, 0.3) is 11.6 Å². The van der Waals surface area contributed by atoms with Gasteiger partial charge in [0.2, 0.25) is 0 Å². The molecule has 0 aliphatic carbocycles. The Labute approximate surface area is 105 Å². The van der Waals surface area contributed by atoms with Crippen LogP contribution in [0.15, 0.2) is 23.3 Å². The summed E-state index contributed by atoms with van der Waals surface area (Å²) in [5.74, 6) is -2.07. The van der Waals surface area contributed by atoms with Gasteiger partial charge in [0, 0.05) is 28.3 Å². The minimum Gasteiger partial charge on any atom is -0.480 e. The zero-order valence-corrected chi connectivity index (χ0v) is 9.31. The molecule has 19 heavy (non-hydrogen) atoms. The molecule has 10 heteroatoms. The Kier molecular flexibility index (Phi) is 4.39. The minimum atomic E-state index is -1.26. The Morgan fingerprint density at radius 1 is 1.47 bits per heavy atom. The van der Waals surface area contributed by atoms with Crippen LogP contribution < -0.4 is 5.32 Å². The fourth-order valence-electron chi connectivity index (χ4n) is 1.20. The summed E-state index contributed by atoms with van der Waals surface area (Å²) in [6, 6.07) is 3.06. The molecule has 0 unspecified atom stereocenters. The quantitative estimate of drug-likeness (QED) is 0.270. The van der Waals surface area contributed by atoms with Crippen molar-refractivity contribution in [1.82, 2.24) is 5.32 Å². The number of carboxylic acids is 1. The Bertz CT molecular complexity index is 572. The van der Waals surface area contributed by atoms with E-state index in [-0.39, 0.29) is 11.3 Å². The molecule has 0 radical (unpaired) electrons. The van der Waals surface area contributed by atoms with Crippen LogP contribution in [0.25, 0.3) is 10.4 Å². The van der Waals surface area contributed by atoms with Gasteiger partial charge in [0.15, 0.2) is 0 Å². The summed E-state index contributed by atoms with van der Waals surface area (Å²) in [6.07, 6.45) is 0. The van der Waals surface area contributed by atoms with Crippen LogP contribution >= 0.6 is 0 Å². The lowest BCUT2D eigenvalue weighted by Crippen LogP contribution is -2.29. The van der Waals surface area contributed by atoms with Gasteiger partial charge in [-0.15, -0.1) is 0 Å². The van der Waals surface area contributed by atoms with Gasteiger partial charge in [-0.05, 0) is 11.6 Å². The van der Waals surface area contributed by atoms with Crippen LogP contribution in [0.2, 0.25) is 0 Å². The second-order valence-electron chi connectivity index (χ2n) is 3.26. The van der Waals surface area contributed by atoms with Gasteiger partial charge in [0.05, 0.1) is 4.92 Å². The van der Waals surface area contributed by atoms with Gasteiger partial charge in [-0.1, -0.05) is 5.11 Å². The average Bonchev–Trinajstić information content (AvgIpc) is 2.35. The molecule has 10 nitrogen and oxygen atoms in total. The predicted molar refractivity (Wildman–Crippen MR) is 61.9 cm³/mol. The maximum Gasteiger partial charge on any atom is 0.322 e. The molecule has 0 aliphatic rings. The predicted octanol–water partition coefficient (Wildman–Crippen LogP) is 1.35. The molecular weight excluding hydrogens is 258 g/mol. The van der Waals surface area contributed by atoms with Crippen molar-refractivity contribution < 1.29 is 19.6 Å². The van der Waals surface area contributed by atoms with Gasteiger partial charge in [0.1, 0.15) is 6.54 Å². The molecule has 0 saturated carbocycles. The van der Waals surface area contributed by atoms with E-state index in [0.29, 0.717) is 0 Å².